The average Bonchev–Trinajstić information content (AvgIpc) is 2.75. The highest BCUT2D eigenvalue weighted by Crippen LogP contribution is 2.26. The number of nitrogens with zero attached hydrogens (tertiary/aromatic N) is 2. The van der Waals surface area contributed by atoms with Crippen molar-refractivity contribution in [2.24, 2.45) is 7.05 Å². The number of aromatic nitrogens is 2. The van der Waals surface area contributed by atoms with E-state index in [2.05, 4.69) is 33.1 Å². The van der Waals surface area contributed by atoms with Crippen LogP contribution in [0.1, 0.15) is 11.1 Å². The fourth-order valence-electron chi connectivity index (χ4n) is 2.37. The highest BCUT2D eigenvalue weighted by atomic mass is 15.0. The molecule has 0 saturated heterocycles. The Labute approximate surface area is 95.1 Å². The quantitative estimate of drug-likeness (QED) is 0.782. The Morgan fingerprint density at radius 3 is 3.12 bits per heavy atom. The predicted molar refractivity (Wildman–Crippen MR) is 64.1 cm³/mol. The van der Waals surface area contributed by atoms with Crippen LogP contribution in [-0.2, 0) is 20.0 Å². The highest BCUT2D eigenvalue weighted by molar-refractivity contribution is 5.63. The van der Waals surface area contributed by atoms with Gasteiger partial charge in [-0.25, -0.2) is 4.98 Å². The minimum Gasteiger partial charge on any atom is -0.334 e. The van der Waals surface area contributed by atoms with Gasteiger partial charge < -0.3 is 9.88 Å². The van der Waals surface area contributed by atoms with Gasteiger partial charge in [-0.05, 0) is 24.1 Å². The molecule has 0 spiro atoms. The summed E-state index contributed by atoms with van der Waals surface area (Å²) in [6.07, 6.45) is 4.95. The van der Waals surface area contributed by atoms with E-state index >= 15 is 0 Å². The van der Waals surface area contributed by atoms with Gasteiger partial charge in [0.1, 0.15) is 5.82 Å². The van der Waals surface area contributed by atoms with E-state index in [0.29, 0.717) is 0 Å². The molecule has 1 aliphatic heterocycles. The summed E-state index contributed by atoms with van der Waals surface area (Å²) < 4.78 is 2.08. The van der Waals surface area contributed by atoms with Crippen LogP contribution in [0, 0.1) is 0 Å². The first-order chi connectivity index (χ1) is 7.86. The van der Waals surface area contributed by atoms with Crippen LogP contribution in [0.5, 0.6) is 0 Å². The Morgan fingerprint density at radius 1 is 1.38 bits per heavy atom. The molecule has 1 N–H and O–H groups in total. The summed E-state index contributed by atoms with van der Waals surface area (Å²) in [7, 11) is 2.04. The van der Waals surface area contributed by atoms with Crippen molar-refractivity contribution in [2.75, 3.05) is 6.54 Å². The lowest BCUT2D eigenvalue weighted by atomic mass is 9.95. The molecule has 0 unspecified atom stereocenters. The smallest absolute Gasteiger partial charge is 0.139 e. The third kappa shape index (κ3) is 1.44. The Bertz CT molecular complexity index is 514. The van der Waals surface area contributed by atoms with E-state index < -0.39 is 0 Å². The number of fused-ring (bicyclic) bond motifs is 1. The summed E-state index contributed by atoms with van der Waals surface area (Å²) in [5, 5.41) is 3.40. The van der Waals surface area contributed by atoms with Crippen LogP contribution in [-0.4, -0.2) is 16.1 Å². The van der Waals surface area contributed by atoms with Crippen LogP contribution >= 0.6 is 0 Å². The molecule has 0 bridgehead atoms. The number of hydrogen-bond donors (Lipinski definition) is 1. The Balaban J connectivity index is 2.18. The first-order valence-electron chi connectivity index (χ1n) is 5.65. The number of rotatable bonds is 1. The monoisotopic (exact) mass is 213 g/mol. The Morgan fingerprint density at radius 2 is 2.31 bits per heavy atom. The molecule has 16 heavy (non-hydrogen) atoms. The molecule has 3 rings (SSSR count). The molecular weight excluding hydrogens is 198 g/mol. The summed E-state index contributed by atoms with van der Waals surface area (Å²) in [5.74, 6) is 1.07. The van der Waals surface area contributed by atoms with Crippen molar-refractivity contribution in [1.29, 1.82) is 0 Å². The fraction of sp³-hybridized carbons (Fsp3) is 0.308. The fourth-order valence-corrected chi connectivity index (χ4v) is 2.37. The van der Waals surface area contributed by atoms with Gasteiger partial charge in [0.25, 0.3) is 0 Å². The standard InChI is InChI=1S/C13H15N3/c1-16-8-7-15-13(16)12-4-2-3-10-9-14-6-5-11(10)12/h2-4,7-8,14H,5-6,9H2,1H3. The second-order valence-electron chi connectivity index (χ2n) is 4.23. The van der Waals surface area contributed by atoms with E-state index in [0.717, 1.165) is 25.3 Å². The Kier molecular flexibility index (Phi) is 2.26. The molecule has 3 heteroatoms. The SMILES string of the molecule is Cn1ccnc1-c1cccc2c1CCNC2. The maximum atomic E-state index is 4.44. The first kappa shape index (κ1) is 9.60. The lowest BCUT2D eigenvalue weighted by molar-refractivity contribution is 0.644. The molecule has 1 aliphatic rings. The molecule has 0 saturated carbocycles. The van der Waals surface area contributed by atoms with Crippen molar-refractivity contribution in [3.8, 4) is 11.4 Å². The van der Waals surface area contributed by atoms with Crippen LogP contribution < -0.4 is 5.32 Å². The highest BCUT2D eigenvalue weighted by Gasteiger charge is 2.15. The summed E-state index contributed by atoms with van der Waals surface area (Å²) in [4.78, 5) is 4.44. The van der Waals surface area contributed by atoms with Gasteiger partial charge in [0, 0.05) is 31.5 Å². The third-order valence-corrected chi connectivity index (χ3v) is 3.20. The zero-order chi connectivity index (χ0) is 11.0. The zero-order valence-electron chi connectivity index (χ0n) is 9.40. The molecule has 2 aromatic rings. The summed E-state index contributed by atoms with van der Waals surface area (Å²) >= 11 is 0. The molecule has 0 atom stereocenters. The van der Waals surface area contributed by atoms with Crippen molar-refractivity contribution in [1.82, 2.24) is 14.9 Å². The number of imidazole rings is 1. The first-order valence-corrected chi connectivity index (χ1v) is 5.65. The molecule has 1 aromatic heterocycles. The molecule has 82 valence electrons. The van der Waals surface area contributed by atoms with Crippen molar-refractivity contribution >= 4 is 0 Å². The van der Waals surface area contributed by atoms with Crippen LogP contribution in [0.3, 0.4) is 0 Å². The van der Waals surface area contributed by atoms with E-state index in [1.807, 2.05) is 19.4 Å². The van der Waals surface area contributed by atoms with Crippen LogP contribution in [0.25, 0.3) is 11.4 Å². The molecule has 1 aromatic carbocycles. The molecule has 3 nitrogen and oxygen atoms in total. The van der Waals surface area contributed by atoms with Crippen LogP contribution in [0.4, 0.5) is 0 Å². The van der Waals surface area contributed by atoms with Crippen LogP contribution in [0.2, 0.25) is 0 Å². The zero-order valence-corrected chi connectivity index (χ0v) is 9.40. The number of hydrogen-bond acceptors (Lipinski definition) is 2. The van der Waals surface area contributed by atoms with Gasteiger partial charge in [-0.1, -0.05) is 18.2 Å². The van der Waals surface area contributed by atoms with Gasteiger partial charge in [0.2, 0.25) is 0 Å². The van der Waals surface area contributed by atoms with Crippen molar-refractivity contribution in [2.45, 2.75) is 13.0 Å². The minimum absolute atomic E-state index is 0.980. The van der Waals surface area contributed by atoms with Crippen molar-refractivity contribution in [3.05, 3.63) is 41.7 Å². The molecule has 2 heterocycles. The molecule has 0 amide bonds. The topological polar surface area (TPSA) is 29.9 Å². The number of benzene rings is 1. The van der Waals surface area contributed by atoms with E-state index in [9.17, 15) is 0 Å². The summed E-state index contributed by atoms with van der Waals surface area (Å²) in [5.41, 5.74) is 4.15. The van der Waals surface area contributed by atoms with E-state index in [1.54, 1.807) is 0 Å². The van der Waals surface area contributed by atoms with Gasteiger partial charge in [-0.2, -0.15) is 0 Å². The molecule has 0 fully saturated rings. The number of nitrogens with one attached hydrogen (secondary N) is 1. The largest absolute Gasteiger partial charge is 0.334 e. The normalized spacial score (nSPS) is 14.8. The van der Waals surface area contributed by atoms with Crippen molar-refractivity contribution < 1.29 is 0 Å². The molecular formula is C13H15N3. The third-order valence-electron chi connectivity index (χ3n) is 3.20. The van der Waals surface area contributed by atoms with E-state index in [-0.39, 0.29) is 0 Å². The average molecular weight is 213 g/mol. The maximum Gasteiger partial charge on any atom is 0.139 e. The maximum absolute atomic E-state index is 4.44. The van der Waals surface area contributed by atoms with Gasteiger partial charge in [-0.3, -0.25) is 0 Å². The lowest BCUT2D eigenvalue weighted by Crippen LogP contribution is -2.24. The number of aryl methyl sites for hydroxylation is 1. The Hall–Kier alpha value is -1.61. The van der Waals surface area contributed by atoms with E-state index in [4.69, 9.17) is 0 Å². The van der Waals surface area contributed by atoms with Crippen LogP contribution in [0.15, 0.2) is 30.6 Å². The van der Waals surface area contributed by atoms with E-state index in [1.165, 1.54) is 16.7 Å². The predicted octanol–water partition coefficient (Wildman–Crippen LogP) is 1.73. The lowest BCUT2D eigenvalue weighted by Gasteiger charge is -2.20. The second kappa shape index (κ2) is 3.76. The minimum atomic E-state index is 0.980. The van der Waals surface area contributed by atoms with Gasteiger partial charge in [0.15, 0.2) is 0 Å². The van der Waals surface area contributed by atoms with Gasteiger partial charge >= 0.3 is 0 Å². The van der Waals surface area contributed by atoms with Crippen molar-refractivity contribution in [3.63, 3.8) is 0 Å². The molecule has 0 aliphatic carbocycles. The molecule has 0 radical (unpaired) electrons. The van der Waals surface area contributed by atoms with Gasteiger partial charge in [0.05, 0.1) is 0 Å². The summed E-state index contributed by atoms with van der Waals surface area (Å²) in [6, 6.07) is 6.50. The van der Waals surface area contributed by atoms with Gasteiger partial charge in [-0.15, -0.1) is 0 Å². The summed E-state index contributed by atoms with van der Waals surface area (Å²) in [6.45, 7) is 2.04. The second-order valence-corrected chi connectivity index (χ2v) is 4.23.